The van der Waals surface area contributed by atoms with Gasteiger partial charge in [0.1, 0.15) is 5.75 Å². The van der Waals surface area contributed by atoms with Crippen LogP contribution >= 0.6 is 0 Å². The van der Waals surface area contributed by atoms with Gasteiger partial charge in [0.15, 0.2) is 0 Å². The fourth-order valence-electron chi connectivity index (χ4n) is 1.82. The number of aliphatic hydroxyl groups is 1. The molecule has 0 radical (unpaired) electrons. The number of hydrogen-bond donors (Lipinski definition) is 2. The molecular formula is C12H13F2NO3. The van der Waals surface area contributed by atoms with Crippen LogP contribution < -0.4 is 10.1 Å². The number of amides is 1. The maximum absolute atomic E-state index is 12.2. The molecule has 1 aliphatic carbocycles. The standard InChI is InChI=1S/C12H13F2NO3/c13-12(14)18-10-4-2-1-3-9(10)11(17)15-7-5-8(16)6-7/h1-4,7-8,12,16H,5-6H2,(H,15,17). The fraction of sp³-hybridized carbons (Fsp3) is 0.417. The lowest BCUT2D eigenvalue weighted by Gasteiger charge is -2.32. The van der Waals surface area contributed by atoms with Gasteiger partial charge in [0.2, 0.25) is 0 Å². The smallest absolute Gasteiger partial charge is 0.387 e. The number of carbonyl (C=O) groups is 1. The summed E-state index contributed by atoms with van der Waals surface area (Å²) in [6.07, 6.45) is 0.593. The van der Waals surface area contributed by atoms with Gasteiger partial charge in [-0.15, -0.1) is 0 Å². The summed E-state index contributed by atoms with van der Waals surface area (Å²) >= 11 is 0. The molecule has 0 unspecified atom stereocenters. The predicted molar refractivity (Wildman–Crippen MR) is 59.6 cm³/mol. The van der Waals surface area contributed by atoms with Crippen molar-refractivity contribution in [2.45, 2.75) is 31.6 Å². The zero-order valence-corrected chi connectivity index (χ0v) is 9.48. The highest BCUT2D eigenvalue weighted by atomic mass is 19.3. The minimum Gasteiger partial charge on any atom is -0.434 e. The Bertz CT molecular complexity index is 433. The van der Waals surface area contributed by atoms with E-state index < -0.39 is 12.5 Å². The average Bonchev–Trinajstić information content (AvgIpc) is 2.26. The first-order valence-corrected chi connectivity index (χ1v) is 5.59. The first-order chi connectivity index (χ1) is 8.56. The van der Waals surface area contributed by atoms with Gasteiger partial charge in [0.05, 0.1) is 11.7 Å². The Morgan fingerprint density at radius 1 is 1.39 bits per heavy atom. The first-order valence-electron chi connectivity index (χ1n) is 5.59. The molecule has 0 heterocycles. The van der Waals surface area contributed by atoms with Gasteiger partial charge in [-0.25, -0.2) is 0 Å². The second kappa shape index (κ2) is 5.30. The van der Waals surface area contributed by atoms with Crippen LogP contribution in [-0.4, -0.2) is 29.8 Å². The van der Waals surface area contributed by atoms with E-state index in [0.29, 0.717) is 12.8 Å². The van der Waals surface area contributed by atoms with E-state index in [2.05, 4.69) is 10.1 Å². The molecular weight excluding hydrogens is 244 g/mol. The Hall–Kier alpha value is -1.69. The number of alkyl halides is 2. The molecule has 1 aromatic carbocycles. The van der Waals surface area contributed by atoms with Gasteiger partial charge in [-0.2, -0.15) is 8.78 Å². The molecule has 2 rings (SSSR count). The summed E-state index contributed by atoms with van der Waals surface area (Å²) < 4.78 is 28.6. The highest BCUT2D eigenvalue weighted by Gasteiger charge is 2.29. The van der Waals surface area contributed by atoms with Gasteiger partial charge in [-0.1, -0.05) is 12.1 Å². The third-order valence-corrected chi connectivity index (χ3v) is 2.80. The van der Waals surface area contributed by atoms with Crippen molar-refractivity contribution < 1.29 is 23.4 Å². The van der Waals surface area contributed by atoms with E-state index in [9.17, 15) is 13.6 Å². The van der Waals surface area contributed by atoms with Crippen LogP contribution in [0.3, 0.4) is 0 Å². The van der Waals surface area contributed by atoms with E-state index in [0.717, 1.165) is 0 Å². The zero-order chi connectivity index (χ0) is 13.1. The summed E-state index contributed by atoms with van der Waals surface area (Å²) in [6.45, 7) is -2.97. The zero-order valence-electron chi connectivity index (χ0n) is 9.48. The SMILES string of the molecule is O=C(NC1CC(O)C1)c1ccccc1OC(F)F. The lowest BCUT2D eigenvalue weighted by molar-refractivity contribution is -0.0501. The number of rotatable bonds is 4. The highest BCUT2D eigenvalue weighted by molar-refractivity contribution is 5.97. The molecule has 0 saturated heterocycles. The lowest BCUT2D eigenvalue weighted by atomic mass is 9.89. The molecule has 18 heavy (non-hydrogen) atoms. The largest absolute Gasteiger partial charge is 0.434 e. The van der Waals surface area contributed by atoms with E-state index in [1.165, 1.54) is 18.2 Å². The normalized spacial score (nSPS) is 22.4. The summed E-state index contributed by atoms with van der Waals surface area (Å²) in [7, 11) is 0. The van der Waals surface area contributed by atoms with Crippen molar-refractivity contribution in [1.82, 2.24) is 5.32 Å². The fourth-order valence-corrected chi connectivity index (χ4v) is 1.82. The molecule has 6 heteroatoms. The Labute approximate surface area is 103 Å². The predicted octanol–water partition coefficient (Wildman–Crippen LogP) is 1.54. The third kappa shape index (κ3) is 2.95. The van der Waals surface area contributed by atoms with Gasteiger partial charge in [-0.05, 0) is 25.0 Å². The number of hydrogen-bond acceptors (Lipinski definition) is 3. The van der Waals surface area contributed by atoms with Crippen LogP contribution in [0, 0.1) is 0 Å². The highest BCUT2D eigenvalue weighted by Crippen LogP contribution is 2.23. The van der Waals surface area contributed by atoms with Gasteiger partial charge in [0, 0.05) is 6.04 Å². The first kappa shape index (κ1) is 12.8. The molecule has 98 valence electrons. The van der Waals surface area contributed by atoms with Gasteiger partial charge in [0.25, 0.3) is 5.91 Å². The van der Waals surface area contributed by atoms with Crippen LogP contribution in [0.5, 0.6) is 5.75 Å². The molecule has 0 aromatic heterocycles. The Morgan fingerprint density at radius 2 is 2.06 bits per heavy atom. The molecule has 1 amide bonds. The maximum Gasteiger partial charge on any atom is 0.387 e. The van der Waals surface area contributed by atoms with Crippen molar-refractivity contribution in [3.05, 3.63) is 29.8 Å². The molecule has 1 aromatic rings. The molecule has 1 aliphatic rings. The summed E-state index contributed by atoms with van der Waals surface area (Å²) in [5.41, 5.74) is 0.0687. The number of benzene rings is 1. The van der Waals surface area contributed by atoms with Crippen molar-refractivity contribution >= 4 is 5.91 Å². The maximum atomic E-state index is 12.2. The Balaban J connectivity index is 2.04. The molecule has 0 spiro atoms. The van der Waals surface area contributed by atoms with Crippen LogP contribution in [0.4, 0.5) is 8.78 Å². The number of nitrogens with one attached hydrogen (secondary N) is 1. The number of para-hydroxylation sites is 1. The number of halogens is 2. The van der Waals surface area contributed by atoms with E-state index in [4.69, 9.17) is 5.11 Å². The number of carbonyl (C=O) groups excluding carboxylic acids is 1. The Kier molecular flexibility index (Phi) is 3.76. The minimum atomic E-state index is -2.97. The summed E-state index contributed by atoms with van der Waals surface area (Å²) in [5.74, 6) is -0.618. The minimum absolute atomic E-state index is 0.0687. The summed E-state index contributed by atoms with van der Waals surface area (Å²) in [5, 5.41) is 11.8. The number of aliphatic hydroxyl groups excluding tert-OH is 1. The van der Waals surface area contributed by atoms with Crippen molar-refractivity contribution in [3.8, 4) is 5.75 Å². The van der Waals surface area contributed by atoms with Crippen molar-refractivity contribution in [1.29, 1.82) is 0 Å². The van der Waals surface area contributed by atoms with Gasteiger partial charge in [-0.3, -0.25) is 4.79 Å². The third-order valence-electron chi connectivity index (χ3n) is 2.80. The molecule has 0 atom stereocenters. The van der Waals surface area contributed by atoms with Crippen LogP contribution in [0.1, 0.15) is 23.2 Å². The van der Waals surface area contributed by atoms with Crippen molar-refractivity contribution in [2.75, 3.05) is 0 Å². The summed E-state index contributed by atoms with van der Waals surface area (Å²) in [6, 6.07) is 5.72. The van der Waals surface area contributed by atoms with Crippen molar-refractivity contribution in [2.24, 2.45) is 0 Å². The van der Waals surface area contributed by atoms with Crippen LogP contribution in [-0.2, 0) is 0 Å². The van der Waals surface area contributed by atoms with E-state index in [1.807, 2.05) is 0 Å². The molecule has 2 N–H and O–H groups in total. The Morgan fingerprint density at radius 3 is 2.67 bits per heavy atom. The van der Waals surface area contributed by atoms with E-state index in [1.54, 1.807) is 6.07 Å². The summed E-state index contributed by atoms with van der Waals surface area (Å²) in [4.78, 5) is 11.8. The molecule has 1 fully saturated rings. The monoisotopic (exact) mass is 257 g/mol. The molecule has 4 nitrogen and oxygen atoms in total. The van der Waals surface area contributed by atoms with Crippen LogP contribution in [0.25, 0.3) is 0 Å². The second-order valence-corrected chi connectivity index (χ2v) is 4.17. The van der Waals surface area contributed by atoms with Crippen LogP contribution in [0.15, 0.2) is 24.3 Å². The average molecular weight is 257 g/mol. The second-order valence-electron chi connectivity index (χ2n) is 4.17. The van der Waals surface area contributed by atoms with Gasteiger partial charge >= 0.3 is 6.61 Å². The molecule has 0 bridgehead atoms. The van der Waals surface area contributed by atoms with Crippen molar-refractivity contribution in [3.63, 3.8) is 0 Å². The molecule has 1 saturated carbocycles. The number of ether oxygens (including phenoxy) is 1. The quantitative estimate of drug-likeness (QED) is 0.860. The van der Waals surface area contributed by atoms with E-state index in [-0.39, 0.29) is 23.5 Å². The van der Waals surface area contributed by atoms with Crippen LogP contribution in [0.2, 0.25) is 0 Å². The topological polar surface area (TPSA) is 58.6 Å². The van der Waals surface area contributed by atoms with E-state index >= 15 is 0 Å². The molecule has 0 aliphatic heterocycles. The van der Waals surface area contributed by atoms with Gasteiger partial charge < -0.3 is 15.2 Å². The lowest BCUT2D eigenvalue weighted by Crippen LogP contribution is -2.46.